The third-order valence-corrected chi connectivity index (χ3v) is 6.35. The zero-order valence-electron chi connectivity index (χ0n) is 18.8. The van der Waals surface area contributed by atoms with Gasteiger partial charge in [0, 0.05) is 32.1 Å². The van der Waals surface area contributed by atoms with Crippen molar-refractivity contribution in [3.63, 3.8) is 0 Å². The highest BCUT2D eigenvalue weighted by atomic mass is 16.5. The molecular formula is C26H32N2O4. The number of nitrogens with zero attached hydrogens (tertiary/aromatic N) is 2. The van der Waals surface area contributed by atoms with Crippen LogP contribution < -0.4 is 9.47 Å². The first kappa shape index (κ1) is 22.2. The van der Waals surface area contributed by atoms with Crippen molar-refractivity contribution in [1.29, 1.82) is 0 Å². The summed E-state index contributed by atoms with van der Waals surface area (Å²) in [7, 11) is 1.63. The molecule has 1 unspecified atom stereocenters. The van der Waals surface area contributed by atoms with E-state index in [1.165, 1.54) is 0 Å². The Labute approximate surface area is 190 Å². The molecule has 170 valence electrons. The zero-order chi connectivity index (χ0) is 22.3. The van der Waals surface area contributed by atoms with Crippen molar-refractivity contribution in [1.82, 2.24) is 9.80 Å². The number of carbonyl (C=O) groups is 2. The smallest absolute Gasteiger partial charge is 0.257 e. The summed E-state index contributed by atoms with van der Waals surface area (Å²) >= 11 is 0. The van der Waals surface area contributed by atoms with E-state index < -0.39 is 0 Å². The summed E-state index contributed by atoms with van der Waals surface area (Å²) in [4.78, 5) is 29.6. The first-order valence-corrected chi connectivity index (χ1v) is 11.6. The standard InChI is InChI=1S/C26H32N2O4/c1-31-22-10-6-8-20(16-22)17-25(29)28-15-7-9-21(18-28)19-32-24-12-3-2-11-23(24)26(30)27-13-4-5-14-27/h2-3,6,8,10-12,16,21H,4-5,7,9,13-15,17-19H2,1H3. The van der Waals surface area contributed by atoms with Gasteiger partial charge in [-0.25, -0.2) is 0 Å². The van der Waals surface area contributed by atoms with Gasteiger partial charge >= 0.3 is 0 Å². The molecule has 2 aliphatic rings. The Morgan fingerprint density at radius 1 is 0.969 bits per heavy atom. The predicted molar refractivity (Wildman–Crippen MR) is 123 cm³/mol. The predicted octanol–water partition coefficient (Wildman–Crippen LogP) is 3.79. The van der Waals surface area contributed by atoms with E-state index in [0.29, 0.717) is 30.9 Å². The van der Waals surface area contributed by atoms with Crippen LogP contribution in [0, 0.1) is 5.92 Å². The fourth-order valence-corrected chi connectivity index (χ4v) is 4.56. The lowest BCUT2D eigenvalue weighted by Crippen LogP contribution is -2.42. The van der Waals surface area contributed by atoms with Crippen LogP contribution in [0.3, 0.4) is 0 Å². The van der Waals surface area contributed by atoms with Gasteiger partial charge in [-0.15, -0.1) is 0 Å². The molecule has 0 aliphatic carbocycles. The van der Waals surface area contributed by atoms with Crippen molar-refractivity contribution in [3.05, 3.63) is 59.7 Å². The van der Waals surface area contributed by atoms with Gasteiger partial charge < -0.3 is 19.3 Å². The van der Waals surface area contributed by atoms with E-state index in [0.717, 1.165) is 56.6 Å². The summed E-state index contributed by atoms with van der Waals surface area (Å²) in [5.74, 6) is 1.85. The van der Waals surface area contributed by atoms with Crippen molar-refractivity contribution in [2.45, 2.75) is 32.1 Å². The van der Waals surface area contributed by atoms with Gasteiger partial charge in [0.2, 0.25) is 5.91 Å². The third-order valence-electron chi connectivity index (χ3n) is 6.35. The molecule has 1 atom stereocenters. The molecule has 0 spiro atoms. The van der Waals surface area contributed by atoms with Crippen LogP contribution in [0.15, 0.2) is 48.5 Å². The quantitative estimate of drug-likeness (QED) is 0.663. The van der Waals surface area contributed by atoms with E-state index in [1.54, 1.807) is 7.11 Å². The number of hydrogen-bond donors (Lipinski definition) is 0. The molecule has 0 radical (unpaired) electrons. The van der Waals surface area contributed by atoms with E-state index in [9.17, 15) is 9.59 Å². The van der Waals surface area contributed by atoms with Crippen LogP contribution in [0.25, 0.3) is 0 Å². The van der Waals surface area contributed by atoms with Crippen molar-refractivity contribution >= 4 is 11.8 Å². The number of rotatable bonds is 7. The largest absolute Gasteiger partial charge is 0.497 e. The van der Waals surface area contributed by atoms with Gasteiger partial charge in [0.05, 0.1) is 25.7 Å². The minimum Gasteiger partial charge on any atom is -0.497 e. The van der Waals surface area contributed by atoms with Crippen LogP contribution in [-0.4, -0.2) is 61.5 Å². The zero-order valence-corrected chi connectivity index (χ0v) is 18.8. The molecule has 4 rings (SSSR count). The molecule has 6 nitrogen and oxygen atoms in total. The van der Waals surface area contributed by atoms with Crippen LogP contribution in [0.2, 0.25) is 0 Å². The fraction of sp³-hybridized carbons (Fsp3) is 0.462. The third kappa shape index (κ3) is 5.42. The minimum atomic E-state index is 0.0526. The molecule has 2 heterocycles. The van der Waals surface area contributed by atoms with Crippen LogP contribution in [0.4, 0.5) is 0 Å². The molecular weight excluding hydrogens is 404 g/mol. The van der Waals surface area contributed by atoms with Gasteiger partial charge in [0.25, 0.3) is 5.91 Å². The molecule has 32 heavy (non-hydrogen) atoms. The number of amides is 2. The highest BCUT2D eigenvalue weighted by Gasteiger charge is 2.26. The number of piperidine rings is 1. The molecule has 2 saturated heterocycles. The summed E-state index contributed by atoms with van der Waals surface area (Å²) in [5.41, 5.74) is 1.60. The second-order valence-electron chi connectivity index (χ2n) is 8.68. The van der Waals surface area contributed by atoms with Crippen molar-refractivity contribution in [3.8, 4) is 11.5 Å². The molecule has 0 saturated carbocycles. The van der Waals surface area contributed by atoms with Crippen LogP contribution in [-0.2, 0) is 11.2 Å². The van der Waals surface area contributed by atoms with Crippen LogP contribution >= 0.6 is 0 Å². The lowest BCUT2D eigenvalue weighted by atomic mass is 9.98. The average molecular weight is 437 g/mol. The summed E-state index contributed by atoms with van der Waals surface area (Å²) in [6, 6.07) is 15.2. The van der Waals surface area contributed by atoms with E-state index >= 15 is 0 Å². The molecule has 0 bridgehead atoms. The maximum Gasteiger partial charge on any atom is 0.257 e. The highest BCUT2D eigenvalue weighted by molar-refractivity contribution is 5.97. The number of likely N-dealkylation sites (tertiary alicyclic amines) is 2. The maximum absolute atomic E-state index is 12.9. The lowest BCUT2D eigenvalue weighted by molar-refractivity contribution is -0.132. The number of hydrogen-bond acceptors (Lipinski definition) is 4. The molecule has 2 aromatic rings. The number of carbonyl (C=O) groups excluding carboxylic acids is 2. The Hall–Kier alpha value is -3.02. The van der Waals surface area contributed by atoms with Crippen molar-refractivity contribution < 1.29 is 19.1 Å². The van der Waals surface area contributed by atoms with E-state index in [-0.39, 0.29) is 17.7 Å². The first-order valence-electron chi connectivity index (χ1n) is 11.6. The number of para-hydroxylation sites is 1. The summed E-state index contributed by atoms with van der Waals surface area (Å²) < 4.78 is 11.4. The molecule has 0 N–H and O–H groups in total. The molecule has 2 fully saturated rings. The molecule has 2 amide bonds. The summed E-state index contributed by atoms with van der Waals surface area (Å²) in [5, 5.41) is 0. The molecule has 2 aromatic carbocycles. The van der Waals surface area contributed by atoms with Gasteiger partial charge in [-0.1, -0.05) is 24.3 Å². The number of benzene rings is 2. The molecule has 2 aliphatic heterocycles. The highest BCUT2D eigenvalue weighted by Crippen LogP contribution is 2.25. The van der Waals surface area contributed by atoms with E-state index in [2.05, 4.69) is 0 Å². The monoisotopic (exact) mass is 436 g/mol. The fourth-order valence-electron chi connectivity index (χ4n) is 4.56. The Morgan fingerprint density at radius 2 is 1.75 bits per heavy atom. The normalized spacial score (nSPS) is 18.5. The van der Waals surface area contributed by atoms with Crippen molar-refractivity contribution in [2.75, 3.05) is 39.9 Å². The van der Waals surface area contributed by atoms with Gasteiger partial charge in [0.15, 0.2) is 0 Å². The maximum atomic E-state index is 12.9. The second-order valence-corrected chi connectivity index (χ2v) is 8.68. The van der Waals surface area contributed by atoms with Gasteiger partial charge in [-0.2, -0.15) is 0 Å². The van der Waals surface area contributed by atoms with E-state index in [1.807, 2.05) is 58.3 Å². The first-order chi connectivity index (χ1) is 15.6. The topological polar surface area (TPSA) is 59.1 Å². The number of methoxy groups -OCH3 is 1. The van der Waals surface area contributed by atoms with Gasteiger partial charge in [-0.05, 0) is 55.5 Å². The second kappa shape index (κ2) is 10.5. The Kier molecular flexibility index (Phi) is 7.30. The van der Waals surface area contributed by atoms with Gasteiger partial charge in [-0.3, -0.25) is 9.59 Å². The average Bonchev–Trinajstić information content (AvgIpc) is 3.38. The number of ether oxygens (including phenoxy) is 2. The summed E-state index contributed by atoms with van der Waals surface area (Å²) in [6.45, 7) is 3.61. The van der Waals surface area contributed by atoms with E-state index in [4.69, 9.17) is 9.47 Å². The summed E-state index contributed by atoms with van der Waals surface area (Å²) in [6.07, 6.45) is 4.49. The molecule has 6 heteroatoms. The Balaban J connectivity index is 1.33. The van der Waals surface area contributed by atoms with Crippen LogP contribution in [0.5, 0.6) is 11.5 Å². The Bertz CT molecular complexity index is 939. The van der Waals surface area contributed by atoms with Crippen LogP contribution in [0.1, 0.15) is 41.6 Å². The SMILES string of the molecule is COc1cccc(CC(=O)N2CCCC(COc3ccccc3C(=O)N3CCCC3)C2)c1. The van der Waals surface area contributed by atoms with Crippen molar-refractivity contribution in [2.24, 2.45) is 5.92 Å². The van der Waals surface area contributed by atoms with Gasteiger partial charge in [0.1, 0.15) is 11.5 Å². The lowest BCUT2D eigenvalue weighted by Gasteiger charge is -2.33. The Morgan fingerprint density at radius 3 is 2.56 bits per heavy atom. The molecule has 0 aromatic heterocycles. The minimum absolute atomic E-state index is 0.0526.